The quantitative estimate of drug-likeness (QED) is 0.838. The summed E-state index contributed by atoms with van der Waals surface area (Å²) in [5.41, 5.74) is 0.446. The molecule has 6 nitrogen and oxygen atoms in total. The highest BCUT2D eigenvalue weighted by atomic mass is 35.5. The molecule has 2 N–H and O–H groups in total. The fourth-order valence-corrected chi connectivity index (χ4v) is 3.09. The van der Waals surface area contributed by atoms with E-state index in [2.05, 4.69) is 9.71 Å². The Morgan fingerprint density at radius 3 is 2.94 bits per heavy atom. The number of aromatic nitrogens is 2. The molecule has 2 aromatic rings. The number of fused-ring (bicyclic) bond motifs is 1. The first-order chi connectivity index (χ1) is 8.06. The molecule has 0 unspecified atom stereocenters. The van der Waals surface area contributed by atoms with Gasteiger partial charge in [-0.15, -0.1) is 0 Å². The zero-order chi connectivity index (χ0) is 12.5. The van der Waals surface area contributed by atoms with E-state index in [4.69, 9.17) is 16.7 Å². The fourth-order valence-electron chi connectivity index (χ4n) is 1.43. The van der Waals surface area contributed by atoms with Crippen molar-refractivity contribution in [3.8, 4) is 0 Å². The van der Waals surface area contributed by atoms with Crippen LogP contribution >= 0.6 is 11.6 Å². The van der Waals surface area contributed by atoms with Crippen LogP contribution in [0.2, 0.25) is 5.15 Å². The lowest BCUT2D eigenvalue weighted by molar-refractivity contribution is 0.301. The molecule has 2 aromatic heterocycles. The third kappa shape index (κ3) is 2.27. The van der Waals surface area contributed by atoms with Gasteiger partial charge < -0.3 is 5.11 Å². The zero-order valence-corrected chi connectivity index (χ0v) is 10.2. The fraction of sp³-hybridized carbons (Fsp3) is 0.222. The Kier molecular flexibility index (Phi) is 3.34. The Labute approximate surface area is 103 Å². The predicted octanol–water partition coefficient (Wildman–Crippen LogP) is 0.258. The van der Waals surface area contributed by atoms with Gasteiger partial charge in [0.2, 0.25) is 0 Å². The minimum atomic E-state index is -3.78. The van der Waals surface area contributed by atoms with E-state index < -0.39 is 10.0 Å². The number of nitrogens with one attached hydrogen (secondary N) is 1. The van der Waals surface area contributed by atoms with Crippen LogP contribution in [0.1, 0.15) is 0 Å². The second-order valence-corrected chi connectivity index (χ2v) is 5.30. The average molecular weight is 276 g/mol. The molecule has 2 rings (SSSR count). The molecule has 0 saturated heterocycles. The molecule has 92 valence electrons. The highest BCUT2D eigenvalue weighted by molar-refractivity contribution is 7.89. The van der Waals surface area contributed by atoms with Crippen LogP contribution in [0.3, 0.4) is 0 Å². The second-order valence-electron chi connectivity index (χ2n) is 3.26. The summed E-state index contributed by atoms with van der Waals surface area (Å²) in [6.45, 7) is -0.355. The van der Waals surface area contributed by atoms with Crippen molar-refractivity contribution in [3.05, 3.63) is 29.5 Å². The molecule has 0 amide bonds. The molecule has 0 aliphatic heterocycles. The van der Waals surface area contributed by atoms with Crippen molar-refractivity contribution in [1.29, 1.82) is 0 Å². The summed E-state index contributed by atoms with van der Waals surface area (Å²) in [6, 6.07) is 5.06. The van der Waals surface area contributed by atoms with Gasteiger partial charge in [0.1, 0.15) is 5.65 Å². The van der Waals surface area contributed by atoms with Crippen molar-refractivity contribution in [2.24, 2.45) is 0 Å². The van der Waals surface area contributed by atoms with Crippen LogP contribution in [-0.4, -0.2) is 36.1 Å². The molecular weight excluding hydrogens is 266 g/mol. The Morgan fingerprint density at radius 1 is 1.47 bits per heavy atom. The largest absolute Gasteiger partial charge is 0.395 e. The van der Waals surface area contributed by atoms with E-state index in [-0.39, 0.29) is 23.3 Å². The summed E-state index contributed by atoms with van der Waals surface area (Å²) in [6.07, 6.45) is 1.56. The molecule has 2 heterocycles. The maximum absolute atomic E-state index is 11.9. The monoisotopic (exact) mass is 275 g/mol. The lowest BCUT2D eigenvalue weighted by atomic mass is 10.5. The van der Waals surface area contributed by atoms with E-state index in [0.29, 0.717) is 5.65 Å². The van der Waals surface area contributed by atoms with Gasteiger partial charge in [0.05, 0.1) is 6.61 Å². The lowest BCUT2D eigenvalue weighted by Gasteiger charge is -2.05. The Bertz CT molecular complexity index is 638. The van der Waals surface area contributed by atoms with Crippen LogP contribution in [0.25, 0.3) is 5.65 Å². The van der Waals surface area contributed by atoms with Crippen molar-refractivity contribution in [1.82, 2.24) is 14.1 Å². The third-order valence-corrected chi connectivity index (χ3v) is 3.96. The number of rotatable bonds is 4. The topological polar surface area (TPSA) is 83.7 Å². The Balaban J connectivity index is 2.58. The molecule has 0 radical (unpaired) electrons. The third-order valence-electron chi connectivity index (χ3n) is 2.10. The minimum Gasteiger partial charge on any atom is -0.395 e. The van der Waals surface area contributed by atoms with Crippen LogP contribution in [0.5, 0.6) is 0 Å². The highest BCUT2D eigenvalue weighted by Gasteiger charge is 2.23. The second kappa shape index (κ2) is 4.61. The van der Waals surface area contributed by atoms with Gasteiger partial charge in [0.15, 0.2) is 10.2 Å². The summed E-state index contributed by atoms with van der Waals surface area (Å²) in [5, 5.41) is 8.41. The number of pyridine rings is 1. The summed E-state index contributed by atoms with van der Waals surface area (Å²) in [4.78, 5) is 3.93. The number of hydrogen-bond donors (Lipinski definition) is 2. The molecule has 0 spiro atoms. The first-order valence-corrected chi connectivity index (χ1v) is 6.65. The number of halogens is 1. The van der Waals surface area contributed by atoms with Crippen LogP contribution in [0, 0.1) is 0 Å². The van der Waals surface area contributed by atoms with Gasteiger partial charge in [0.25, 0.3) is 10.0 Å². The number of imidazole rings is 1. The standard InChI is InChI=1S/C9H10ClN3O3S/c10-8-9(17(15,16)11-4-6-14)13-5-2-1-3-7(13)12-8/h1-3,5,11,14H,4,6H2. The first-order valence-electron chi connectivity index (χ1n) is 4.79. The van der Waals surface area contributed by atoms with E-state index in [1.165, 1.54) is 4.40 Å². The molecule has 0 atom stereocenters. The van der Waals surface area contributed by atoms with Crippen molar-refractivity contribution in [2.75, 3.05) is 13.2 Å². The molecular formula is C9H10ClN3O3S. The van der Waals surface area contributed by atoms with E-state index in [9.17, 15) is 8.42 Å². The number of hydrogen-bond acceptors (Lipinski definition) is 4. The average Bonchev–Trinajstić information content (AvgIpc) is 2.63. The van der Waals surface area contributed by atoms with Crippen molar-refractivity contribution in [2.45, 2.75) is 5.03 Å². The molecule has 0 aliphatic carbocycles. The van der Waals surface area contributed by atoms with Gasteiger partial charge >= 0.3 is 0 Å². The van der Waals surface area contributed by atoms with Crippen LogP contribution in [0.15, 0.2) is 29.4 Å². The van der Waals surface area contributed by atoms with E-state index in [1.807, 2.05) is 0 Å². The number of aliphatic hydroxyl groups is 1. The smallest absolute Gasteiger partial charge is 0.259 e. The van der Waals surface area contributed by atoms with E-state index >= 15 is 0 Å². The summed E-state index contributed by atoms with van der Waals surface area (Å²) in [5.74, 6) is 0. The SMILES string of the molecule is O=S(=O)(NCCO)c1c(Cl)nc2ccccn12. The molecule has 0 aromatic carbocycles. The lowest BCUT2D eigenvalue weighted by Crippen LogP contribution is -2.27. The maximum Gasteiger partial charge on any atom is 0.259 e. The minimum absolute atomic E-state index is 0.0707. The van der Waals surface area contributed by atoms with Crippen LogP contribution in [0.4, 0.5) is 0 Å². The highest BCUT2D eigenvalue weighted by Crippen LogP contribution is 2.21. The molecule has 8 heteroatoms. The van der Waals surface area contributed by atoms with Gasteiger partial charge in [-0.1, -0.05) is 17.7 Å². The van der Waals surface area contributed by atoms with Gasteiger partial charge in [-0.2, -0.15) is 0 Å². The van der Waals surface area contributed by atoms with Crippen LogP contribution in [-0.2, 0) is 10.0 Å². The molecule has 0 fully saturated rings. The number of aliphatic hydroxyl groups excluding tert-OH is 1. The van der Waals surface area contributed by atoms with E-state index in [0.717, 1.165) is 0 Å². The molecule has 17 heavy (non-hydrogen) atoms. The van der Waals surface area contributed by atoms with Gasteiger partial charge in [-0.05, 0) is 12.1 Å². The van der Waals surface area contributed by atoms with Crippen molar-refractivity contribution < 1.29 is 13.5 Å². The molecule has 0 aliphatic rings. The maximum atomic E-state index is 11.9. The Hall–Kier alpha value is -1.15. The van der Waals surface area contributed by atoms with Gasteiger partial charge in [-0.3, -0.25) is 4.40 Å². The Morgan fingerprint density at radius 2 is 2.24 bits per heavy atom. The van der Waals surface area contributed by atoms with E-state index in [1.54, 1.807) is 24.4 Å². The van der Waals surface area contributed by atoms with Crippen molar-refractivity contribution in [3.63, 3.8) is 0 Å². The van der Waals surface area contributed by atoms with Gasteiger partial charge in [0, 0.05) is 12.7 Å². The summed E-state index contributed by atoms with van der Waals surface area (Å²) < 4.78 is 27.4. The number of nitrogens with zero attached hydrogens (tertiary/aromatic N) is 2. The van der Waals surface area contributed by atoms with Gasteiger partial charge in [-0.25, -0.2) is 18.1 Å². The normalized spacial score (nSPS) is 12.1. The van der Waals surface area contributed by atoms with Crippen molar-refractivity contribution >= 4 is 27.3 Å². The zero-order valence-electron chi connectivity index (χ0n) is 8.67. The summed E-state index contributed by atoms with van der Waals surface area (Å²) >= 11 is 5.82. The molecule has 0 bridgehead atoms. The summed E-state index contributed by atoms with van der Waals surface area (Å²) in [7, 11) is -3.78. The first kappa shape index (κ1) is 12.3. The predicted molar refractivity (Wildman–Crippen MR) is 62.5 cm³/mol. The van der Waals surface area contributed by atoms with Crippen LogP contribution < -0.4 is 4.72 Å². The number of sulfonamides is 1. The molecule has 0 saturated carbocycles.